The first-order valence-corrected chi connectivity index (χ1v) is 5.63. The largest absolute Gasteiger partial charge is 0.270 e. The lowest BCUT2D eigenvalue weighted by Gasteiger charge is -2.31. The van der Waals surface area contributed by atoms with Gasteiger partial charge in [-0.3, -0.25) is 4.18 Å². The standard InChI is InChI=1S/C7H14O3S/c1-6-3-7(4-6)5-10-11(2,8)9/h6-7H,3-5H2,1-2H3. The molecule has 0 aromatic carbocycles. The van der Waals surface area contributed by atoms with Crippen LogP contribution < -0.4 is 0 Å². The summed E-state index contributed by atoms with van der Waals surface area (Å²) in [5.74, 6) is 1.22. The van der Waals surface area contributed by atoms with Crippen LogP contribution in [0.25, 0.3) is 0 Å². The normalized spacial score (nSPS) is 31.5. The van der Waals surface area contributed by atoms with Crippen molar-refractivity contribution >= 4 is 10.1 Å². The van der Waals surface area contributed by atoms with Crippen LogP contribution in [0.3, 0.4) is 0 Å². The molecule has 1 rings (SSSR count). The quantitative estimate of drug-likeness (QED) is 0.606. The van der Waals surface area contributed by atoms with Gasteiger partial charge in [-0.1, -0.05) is 6.92 Å². The summed E-state index contributed by atoms with van der Waals surface area (Å²) in [5, 5.41) is 0. The van der Waals surface area contributed by atoms with E-state index < -0.39 is 10.1 Å². The molecular formula is C7H14O3S. The summed E-state index contributed by atoms with van der Waals surface area (Å²) < 4.78 is 25.7. The SMILES string of the molecule is CC1CC(COS(C)(=O)=O)C1. The lowest BCUT2D eigenvalue weighted by Crippen LogP contribution is -2.26. The smallest absolute Gasteiger partial charge is 0.264 e. The lowest BCUT2D eigenvalue weighted by molar-refractivity contribution is 0.135. The van der Waals surface area contributed by atoms with Gasteiger partial charge in [-0.2, -0.15) is 8.42 Å². The molecule has 0 radical (unpaired) electrons. The molecule has 66 valence electrons. The lowest BCUT2D eigenvalue weighted by atomic mass is 9.77. The zero-order chi connectivity index (χ0) is 8.48. The molecule has 0 aromatic heterocycles. The molecule has 11 heavy (non-hydrogen) atoms. The van der Waals surface area contributed by atoms with Gasteiger partial charge in [0.2, 0.25) is 0 Å². The maximum atomic E-state index is 10.5. The van der Waals surface area contributed by atoms with Crippen LogP contribution in [-0.4, -0.2) is 21.3 Å². The van der Waals surface area contributed by atoms with Crippen molar-refractivity contribution in [2.24, 2.45) is 11.8 Å². The van der Waals surface area contributed by atoms with Crippen LogP contribution in [0.1, 0.15) is 19.8 Å². The van der Waals surface area contributed by atoms with Gasteiger partial charge in [0.15, 0.2) is 0 Å². The monoisotopic (exact) mass is 178 g/mol. The van der Waals surface area contributed by atoms with Crippen molar-refractivity contribution in [2.75, 3.05) is 12.9 Å². The third-order valence-corrected chi connectivity index (χ3v) is 2.55. The van der Waals surface area contributed by atoms with E-state index in [-0.39, 0.29) is 0 Å². The van der Waals surface area contributed by atoms with Gasteiger partial charge in [-0.05, 0) is 24.7 Å². The first-order valence-electron chi connectivity index (χ1n) is 3.82. The van der Waals surface area contributed by atoms with Crippen LogP contribution in [0.15, 0.2) is 0 Å². The highest BCUT2D eigenvalue weighted by molar-refractivity contribution is 7.85. The van der Waals surface area contributed by atoms with E-state index in [1.807, 2.05) is 0 Å². The first kappa shape index (κ1) is 9.00. The molecule has 0 aromatic rings. The summed E-state index contributed by atoms with van der Waals surface area (Å²) in [7, 11) is -3.21. The van der Waals surface area contributed by atoms with Crippen molar-refractivity contribution in [3.63, 3.8) is 0 Å². The Labute approximate surface area is 67.9 Å². The summed E-state index contributed by atoms with van der Waals surface area (Å²) in [6.45, 7) is 2.54. The van der Waals surface area contributed by atoms with E-state index in [2.05, 4.69) is 11.1 Å². The van der Waals surface area contributed by atoms with Gasteiger partial charge in [0, 0.05) is 0 Å². The van der Waals surface area contributed by atoms with Crippen LogP contribution >= 0.6 is 0 Å². The molecule has 0 atom stereocenters. The van der Waals surface area contributed by atoms with Gasteiger partial charge in [-0.15, -0.1) is 0 Å². The molecule has 4 heteroatoms. The molecule has 0 N–H and O–H groups in total. The second-order valence-corrected chi connectivity index (χ2v) is 5.08. The molecular weight excluding hydrogens is 164 g/mol. The molecule has 0 heterocycles. The summed E-state index contributed by atoms with van der Waals surface area (Å²) in [6, 6.07) is 0. The van der Waals surface area contributed by atoms with Crippen molar-refractivity contribution in [3.05, 3.63) is 0 Å². The van der Waals surface area contributed by atoms with E-state index in [0.717, 1.165) is 25.0 Å². The second kappa shape index (κ2) is 3.11. The van der Waals surface area contributed by atoms with Crippen LogP contribution in [0.2, 0.25) is 0 Å². The van der Waals surface area contributed by atoms with Crippen LogP contribution in [0.4, 0.5) is 0 Å². The molecule has 1 saturated carbocycles. The number of hydrogen-bond donors (Lipinski definition) is 0. The van der Waals surface area contributed by atoms with Crippen molar-refractivity contribution in [2.45, 2.75) is 19.8 Å². The first-order chi connectivity index (χ1) is 4.97. The Morgan fingerprint density at radius 2 is 2.00 bits per heavy atom. The molecule has 3 nitrogen and oxygen atoms in total. The highest BCUT2D eigenvalue weighted by Crippen LogP contribution is 2.33. The molecule has 0 aliphatic heterocycles. The van der Waals surface area contributed by atoms with Gasteiger partial charge >= 0.3 is 0 Å². The fourth-order valence-electron chi connectivity index (χ4n) is 1.42. The minimum Gasteiger partial charge on any atom is -0.270 e. The molecule has 0 saturated heterocycles. The van der Waals surface area contributed by atoms with Crippen molar-refractivity contribution in [1.29, 1.82) is 0 Å². The van der Waals surface area contributed by atoms with Gasteiger partial charge in [0.25, 0.3) is 10.1 Å². The molecule has 1 aliphatic rings. The Bertz CT molecular complexity index is 214. The van der Waals surface area contributed by atoms with Crippen LogP contribution in [0, 0.1) is 11.8 Å². The fourth-order valence-corrected chi connectivity index (χ4v) is 1.86. The third kappa shape index (κ3) is 3.20. The molecule has 0 amide bonds. The topological polar surface area (TPSA) is 43.4 Å². The maximum absolute atomic E-state index is 10.5. The molecule has 1 fully saturated rings. The average Bonchev–Trinajstić information content (AvgIpc) is 1.75. The fraction of sp³-hybridized carbons (Fsp3) is 1.00. The highest BCUT2D eigenvalue weighted by Gasteiger charge is 2.26. The maximum Gasteiger partial charge on any atom is 0.264 e. The van der Waals surface area contributed by atoms with Crippen LogP contribution in [0.5, 0.6) is 0 Å². The summed E-state index contributed by atoms with van der Waals surface area (Å²) in [5.41, 5.74) is 0. The Hall–Kier alpha value is -0.0900. The molecule has 0 bridgehead atoms. The zero-order valence-corrected chi connectivity index (χ0v) is 7.73. The highest BCUT2D eigenvalue weighted by atomic mass is 32.2. The average molecular weight is 178 g/mol. The van der Waals surface area contributed by atoms with Gasteiger partial charge in [-0.25, -0.2) is 0 Å². The van der Waals surface area contributed by atoms with E-state index in [9.17, 15) is 8.42 Å². The number of rotatable bonds is 3. The minimum absolute atomic E-state index is 0.378. The van der Waals surface area contributed by atoms with E-state index in [1.165, 1.54) is 0 Å². The van der Waals surface area contributed by atoms with Gasteiger partial charge in [0.05, 0.1) is 12.9 Å². The summed E-state index contributed by atoms with van der Waals surface area (Å²) in [4.78, 5) is 0. The van der Waals surface area contributed by atoms with Gasteiger partial charge in [0.1, 0.15) is 0 Å². The summed E-state index contributed by atoms with van der Waals surface area (Å²) in [6.07, 6.45) is 3.31. The van der Waals surface area contributed by atoms with E-state index in [0.29, 0.717) is 12.5 Å². The van der Waals surface area contributed by atoms with Crippen LogP contribution in [-0.2, 0) is 14.3 Å². The molecule has 0 spiro atoms. The molecule has 1 aliphatic carbocycles. The minimum atomic E-state index is -3.21. The third-order valence-electron chi connectivity index (χ3n) is 1.99. The molecule has 0 unspecified atom stereocenters. The van der Waals surface area contributed by atoms with Crippen molar-refractivity contribution < 1.29 is 12.6 Å². The van der Waals surface area contributed by atoms with E-state index in [1.54, 1.807) is 0 Å². The second-order valence-electron chi connectivity index (χ2n) is 3.43. The summed E-state index contributed by atoms with van der Waals surface area (Å²) >= 11 is 0. The zero-order valence-electron chi connectivity index (χ0n) is 6.91. The predicted octanol–water partition coefficient (Wildman–Crippen LogP) is 1.01. The number of hydrogen-bond acceptors (Lipinski definition) is 3. The Morgan fingerprint density at radius 1 is 1.45 bits per heavy atom. The van der Waals surface area contributed by atoms with Crippen molar-refractivity contribution in [3.8, 4) is 0 Å². The van der Waals surface area contributed by atoms with Gasteiger partial charge < -0.3 is 0 Å². The van der Waals surface area contributed by atoms with E-state index >= 15 is 0 Å². The van der Waals surface area contributed by atoms with E-state index in [4.69, 9.17) is 0 Å². The Balaban J connectivity index is 2.15. The van der Waals surface area contributed by atoms with Crippen molar-refractivity contribution in [1.82, 2.24) is 0 Å². The Kier molecular flexibility index (Phi) is 2.54. The Morgan fingerprint density at radius 3 is 2.36 bits per heavy atom. The predicted molar refractivity (Wildman–Crippen MR) is 42.7 cm³/mol.